The fraction of sp³-hybridized carbons (Fsp3) is 0.304. The lowest BCUT2D eigenvalue weighted by atomic mass is 10.1. The molecule has 3 rings (SSSR count). The minimum absolute atomic E-state index is 0.117. The van der Waals surface area contributed by atoms with Crippen LogP contribution in [0.3, 0.4) is 0 Å². The molecule has 33 heavy (non-hydrogen) atoms. The lowest BCUT2D eigenvalue weighted by Gasteiger charge is -2.12. The van der Waals surface area contributed by atoms with Crippen LogP contribution in [0, 0.1) is 13.8 Å². The summed E-state index contributed by atoms with van der Waals surface area (Å²) in [5, 5.41) is 14.9. The summed E-state index contributed by atoms with van der Waals surface area (Å²) in [5.41, 5.74) is 3.34. The Kier molecular flexibility index (Phi) is 8.51. The molecular formula is C23H26BrN5O3S. The van der Waals surface area contributed by atoms with Crippen LogP contribution in [0.25, 0.3) is 0 Å². The number of anilines is 1. The Morgan fingerprint density at radius 2 is 1.79 bits per heavy atom. The van der Waals surface area contributed by atoms with Crippen LogP contribution in [0.4, 0.5) is 5.69 Å². The highest BCUT2D eigenvalue weighted by Gasteiger charge is 2.15. The van der Waals surface area contributed by atoms with Gasteiger partial charge in [0.05, 0.1) is 19.4 Å². The summed E-state index contributed by atoms with van der Waals surface area (Å²) in [4.78, 5) is 25.0. The van der Waals surface area contributed by atoms with Crippen molar-refractivity contribution in [2.24, 2.45) is 0 Å². The van der Waals surface area contributed by atoms with E-state index >= 15 is 0 Å². The van der Waals surface area contributed by atoms with E-state index in [4.69, 9.17) is 4.74 Å². The average molecular weight is 532 g/mol. The second-order valence-corrected chi connectivity index (χ2v) is 9.16. The zero-order valence-corrected chi connectivity index (χ0v) is 21.3. The number of ether oxygens (including phenoxy) is 1. The minimum Gasteiger partial charge on any atom is -0.497 e. The highest BCUT2D eigenvalue weighted by Crippen LogP contribution is 2.26. The molecule has 3 aromatic rings. The molecule has 0 aliphatic rings. The van der Waals surface area contributed by atoms with Crippen LogP contribution in [-0.2, 0) is 17.9 Å². The van der Waals surface area contributed by atoms with Crippen LogP contribution >= 0.6 is 27.7 Å². The number of rotatable bonds is 9. The van der Waals surface area contributed by atoms with Crippen molar-refractivity contribution in [2.75, 3.05) is 18.2 Å². The maximum absolute atomic E-state index is 12.5. The smallest absolute Gasteiger partial charge is 0.251 e. The summed E-state index contributed by atoms with van der Waals surface area (Å²) in [6, 6.07) is 10.8. The summed E-state index contributed by atoms with van der Waals surface area (Å²) >= 11 is 4.78. The fourth-order valence-corrected chi connectivity index (χ4v) is 4.80. The molecule has 0 bridgehead atoms. The van der Waals surface area contributed by atoms with Gasteiger partial charge in [-0.2, -0.15) is 0 Å². The van der Waals surface area contributed by atoms with Gasteiger partial charge < -0.3 is 19.9 Å². The first-order valence-electron chi connectivity index (χ1n) is 10.4. The predicted octanol–water partition coefficient (Wildman–Crippen LogP) is 4.35. The number of aromatic nitrogens is 3. The fourth-order valence-electron chi connectivity index (χ4n) is 3.29. The third-order valence-electron chi connectivity index (χ3n) is 4.96. The van der Waals surface area contributed by atoms with Gasteiger partial charge in [-0.3, -0.25) is 9.59 Å². The van der Waals surface area contributed by atoms with Crippen molar-refractivity contribution in [3.05, 3.63) is 63.4 Å². The van der Waals surface area contributed by atoms with Gasteiger partial charge in [0, 0.05) is 22.3 Å². The molecule has 0 saturated heterocycles. The van der Waals surface area contributed by atoms with Crippen LogP contribution < -0.4 is 15.4 Å². The van der Waals surface area contributed by atoms with E-state index in [0.717, 1.165) is 21.3 Å². The molecule has 0 aliphatic heterocycles. The standard InChI is InChI=1S/C23H26BrN5O3S/c1-5-29-19(12-25-22(31)16-6-8-18(32-4)9-7-16)27-28-23(29)33-13-20(30)26-21-14(2)10-17(24)11-15(21)3/h6-11H,5,12-13H2,1-4H3,(H,25,31)(H,26,30). The lowest BCUT2D eigenvalue weighted by Crippen LogP contribution is -2.24. The van der Waals surface area contributed by atoms with Crippen molar-refractivity contribution >= 4 is 45.2 Å². The SMILES string of the molecule is CCn1c(CNC(=O)c2ccc(OC)cc2)nnc1SCC(=O)Nc1c(C)cc(Br)cc1C. The largest absolute Gasteiger partial charge is 0.497 e. The van der Waals surface area contributed by atoms with Crippen LogP contribution in [0.15, 0.2) is 46.0 Å². The average Bonchev–Trinajstić information content (AvgIpc) is 3.20. The third kappa shape index (κ3) is 6.35. The number of methoxy groups -OCH3 is 1. The molecule has 0 spiro atoms. The Morgan fingerprint density at radius 3 is 2.39 bits per heavy atom. The molecule has 2 N–H and O–H groups in total. The molecule has 0 saturated carbocycles. The van der Waals surface area contributed by atoms with E-state index < -0.39 is 0 Å². The van der Waals surface area contributed by atoms with Crippen molar-refractivity contribution in [1.29, 1.82) is 0 Å². The van der Waals surface area contributed by atoms with E-state index in [2.05, 4.69) is 36.8 Å². The molecular weight excluding hydrogens is 506 g/mol. The number of nitrogens with one attached hydrogen (secondary N) is 2. The summed E-state index contributed by atoms with van der Waals surface area (Å²) in [7, 11) is 1.58. The molecule has 2 aromatic carbocycles. The molecule has 0 unspecified atom stereocenters. The number of amides is 2. The molecule has 8 nitrogen and oxygen atoms in total. The van der Waals surface area contributed by atoms with Gasteiger partial charge in [-0.1, -0.05) is 27.7 Å². The van der Waals surface area contributed by atoms with Gasteiger partial charge in [0.25, 0.3) is 5.91 Å². The number of benzene rings is 2. The van der Waals surface area contributed by atoms with E-state index in [0.29, 0.717) is 28.8 Å². The highest BCUT2D eigenvalue weighted by molar-refractivity contribution is 9.10. The molecule has 1 aromatic heterocycles. The second-order valence-electron chi connectivity index (χ2n) is 7.31. The third-order valence-corrected chi connectivity index (χ3v) is 6.39. The van der Waals surface area contributed by atoms with E-state index in [-0.39, 0.29) is 24.1 Å². The molecule has 0 radical (unpaired) electrons. The molecule has 0 fully saturated rings. The van der Waals surface area contributed by atoms with E-state index in [1.807, 2.05) is 37.5 Å². The molecule has 0 atom stereocenters. The van der Waals surface area contributed by atoms with Crippen LogP contribution in [0.1, 0.15) is 34.2 Å². The van der Waals surface area contributed by atoms with Gasteiger partial charge in [-0.25, -0.2) is 0 Å². The number of carbonyl (C=O) groups is 2. The quantitative estimate of drug-likeness (QED) is 0.398. The topological polar surface area (TPSA) is 98.1 Å². The summed E-state index contributed by atoms with van der Waals surface area (Å²) in [5.74, 6) is 1.19. The number of aryl methyl sites for hydroxylation is 2. The van der Waals surface area contributed by atoms with Crippen molar-refractivity contribution in [3.63, 3.8) is 0 Å². The monoisotopic (exact) mass is 531 g/mol. The molecule has 10 heteroatoms. The first kappa shape index (κ1) is 24.8. The van der Waals surface area contributed by atoms with E-state index in [1.54, 1.807) is 31.4 Å². The number of thioether (sulfide) groups is 1. The minimum atomic E-state index is -0.211. The zero-order valence-electron chi connectivity index (χ0n) is 18.9. The molecule has 1 heterocycles. The summed E-state index contributed by atoms with van der Waals surface area (Å²) < 4.78 is 7.98. The lowest BCUT2D eigenvalue weighted by molar-refractivity contribution is -0.113. The normalized spacial score (nSPS) is 10.7. The number of hydrogen-bond acceptors (Lipinski definition) is 6. The second kappa shape index (κ2) is 11.3. The molecule has 2 amide bonds. The van der Waals surface area contributed by atoms with Crippen molar-refractivity contribution in [1.82, 2.24) is 20.1 Å². The maximum Gasteiger partial charge on any atom is 0.251 e. The number of carbonyl (C=O) groups excluding carboxylic acids is 2. The van der Waals surface area contributed by atoms with Crippen molar-refractivity contribution < 1.29 is 14.3 Å². The number of nitrogens with zero attached hydrogens (tertiary/aromatic N) is 3. The van der Waals surface area contributed by atoms with Gasteiger partial charge in [-0.05, 0) is 68.3 Å². The van der Waals surface area contributed by atoms with Crippen LogP contribution in [0.5, 0.6) is 5.75 Å². The van der Waals surface area contributed by atoms with Gasteiger partial charge in [0.15, 0.2) is 11.0 Å². The van der Waals surface area contributed by atoms with Crippen LogP contribution in [0.2, 0.25) is 0 Å². The van der Waals surface area contributed by atoms with Crippen molar-refractivity contribution in [3.8, 4) is 5.75 Å². The summed E-state index contributed by atoms with van der Waals surface area (Å²) in [6.07, 6.45) is 0. The first-order valence-corrected chi connectivity index (χ1v) is 12.1. The Balaban J connectivity index is 1.58. The van der Waals surface area contributed by atoms with E-state index in [1.165, 1.54) is 11.8 Å². The first-order chi connectivity index (χ1) is 15.8. The van der Waals surface area contributed by atoms with Gasteiger partial charge in [-0.15, -0.1) is 10.2 Å². The molecule has 0 aliphatic carbocycles. The predicted molar refractivity (Wildman–Crippen MR) is 133 cm³/mol. The Labute approximate surface area is 205 Å². The Bertz CT molecular complexity index is 1120. The van der Waals surface area contributed by atoms with Gasteiger partial charge in [0.1, 0.15) is 5.75 Å². The van der Waals surface area contributed by atoms with E-state index in [9.17, 15) is 9.59 Å². The Hall–Kier alpha value is -2.85. The van der Waals surface area contributed by atoms with Gasteiger partial charge >= 0.3 is 0 Å². The van der Waals surface area contributed by atoms with Crippen molar-refractivity contribution in [2.45, 2.75) is 39.0 Å². The highest BCUT2D eigenvalue weighted by atomic mass is 79.9. The Morgan fingerprint density at radius 1 is 1.12 bits per heavy atom. The number of hydrogen-bond donors (Lipinski definition) is 2. The van der Waals surface area contributed by atoms with Crippen LogP contribution in [-0.4, -0.2) is 39.4 Å². The number of halogens is 1. The summed E-state index contributed by atoms with van der Waals surface area (Å²) in [6.45, 7) is 6.74. The van der Waals surface area contributed by atoms with Gasteiger partial charge in [0.2, 0.25) is 5.91 Å². The maximum atomic E-state index is 12.5. The molecule has 174 valence electrons. The zero-order chi connectivity index (χ0) is 24.0.